The van der Waals surface area contributed by atoms with Gasteiger partial charge in [0.25, 0.3) is 0 Å². The molecule has 3 rings (SSSR count). The third-order valence-corrected chi connectivity index (χ3v) is 5.01. The molecule has 0 bridgehead atoms. The molecule has 1 amide bonds. The summed E-state index contributed by atoms with van der Waals surface area (Å²) in [6, 6.07) is 0.473. The Morgan fingerprint density at radius 2 is 1.83 bits per heavy atom. The maximum absolute atomic E-state index is 12.7. The second kappa shape index (κ2) is 4.49. The van der Waals surface area contributed by atoms with E-state index in [1.54, 1.807) is 0 Å². The Balaban J connectivity index is 1.68. The summed E-state index contributed by atoms with van der Waals surface area (Å²) in [7, 11) is 0. The van der Waals surface area contributed by atoms with Gasteiger partial charge in [0.2, 0.25) is 5.91 Å². The predicted molar refractivity (Wildman–Crippen MR) is 69.2 cm³/mol. The van der Waals surface area contributed by atoms with Gasteiger partial charge in [-0.15, -0.1) is 0 Å². The van der Waals surface area contributed by atoms with E-state index in [0.29, 0.717) is 30.5 Å². The molecule has 2 heterocycles. The monoisotopic (exact) mass is 252 g/mol. The molecule has 1 saturated carbocycles. The number of piperidine rings is 1. The molecule has 2 aliphatic heterocycles. The van der Waals surface area contributed by atoms with Crippen molar-refractivity contribution in [2.24, 2.45) is 11.3 Å². The summed E-state index contributed by atoms with van der Waals surface area (Å²) < 4.78 is 5.51. The van der Waals surface area contributed by atoms with Gasteiger partial charge >= 0.3 is 0 Å². The zero-order chi connectivity index (χ0) is 12.8. The first-order valence-corrected chi connectivity index (χ1v) is 7.25. The van der Waals surface area contributed by atoms with Crippen LogP contribution in [-0.4, -0.2) is 49.2 Å². The molecule has 0 aromatic heterocycles. The van der Waals surface area contributed by atoms with Gasteiger partial charge in [0.05, 0.1) is 25.3 Å². The first-order valence-electron chi connectivity index (χ1n) is 7.25. The summed E-state index contributed by atoms with van der Waals surface area (Å²) in [5.41, 5.74) is 0.347. The maximum atomic E-state index is 12.7. The van der Waals surface area contributed by atoms with Crippen molar-refractivity contribution in [2.75, 3.05) is 26.3 Å². The number of nitrogens with one attached hydrogen (secondary N) is 1. The van der Waals surface area contributed by atoms with Crippen LogP contribution in [0.5, 0.6) is 0 Å². The molecule has 2 saturated heterocycles. The molecule has 1 aliphatic carbocycles. The number of rotatable bonds is 1. The van der Waals surface area contributed by atoms with Crippen LogP contribution in [0, 0.1) is 11.3 Å². The summed E-state index contributed by atoms with van der Waals surface area (Å²) in [5, 5.41) is 3.39. The molecule has 4 heteroatoms. The maximum Gasteiger partial charge on any atom is 0.226 e. The zero-order valence-electron chi connectivity index (χ0n) is 11.4. The van der Waals surface area contributed by atoms with Crippen LogP contribution in [-0.2, 0) is 9.53 Å². The fourth-order valence-corrected chi connectivity index (χ4v) is 3.79. The minimum Gasteiger partial charge on any atom is -0.377 e. The number of morpholine rings is 1. The van der Waals surface area contributed by atoms with Gasteiger partial charge in [-0.2, -0.15) is 0 Å². The Morgan fingerprint density at radius 3 is 2.44 bits per heavy atom. The Labute approximate surface area is 109 Å². The average Bonchev–Trinajstić information content (AvgIpc) is 3.03. The van der Waals surface area contributed by atoms with E-state index in [1.165, 1.54) is 12.8 Å². The summed E-state index contributed by atoms with van der Waals surface area (Å²) in [4.78, 5) is 14.8. The molecule has 102 valence electrons. The Bertz CT molecular complexity index is 329. The Kier molecular flexibility index (Phi) is 3.10. The SMILES string of the molecule is C[C@@H]1COC[C@H](C)N1C(=O)[C@@H]1CC12CCNCC2. The molecule has 18 heavy (non-hydrogen) atoms. The normalized spacial score (nSPS) is 38.8. The van der Waals surface area contributed by atoms with Gasteiger partial charge in [-0.3, -0.25) is 4.79 Å². The summed E-state index contributed by atoms with van der Waals surface area (Å²) in [6.45, 7) is 7.75. The van der Waals surface area contributed by atoms with Crippen LogP contribution in [0.2, 0.25) is 0 Å². The number of hydrogen-bond donors (Lipinski definition) is 1. The van der Waals surface area contributed by atoms with Crippen LogP contribution < -0.4 is 5.32 Å². The second-order valence-corrected chi connectivity index (χ2v) is 6.35. The number of hydrogen-bond acceptors (Lipinski definition) is 3. The third-order valence-electron chi connectivity index (χ3n) is 5.01. The summed E-state index contributed by atoms with van der Waals surface area (Å²) in [6.07, 6.45) is 3.47. The highest BCUT2D eigenvalue weighted by Gasteiger charge is 2.59. The first-order chi connectivity index (χ1) is 8.64. The van der Waals surface area contributed by atoms with Crippen molar-refractivity contribution in [1.29, 1.82) is 0 Å². The largest absolute Gasteiger partial charge is 0.377 e. The lowest BCUT2D eigenvalue weighted by atomic mass is 9.91. The molecule has 0 aromatic rings. The van der Waals surface area contributed by atoms with E-state index in [1.807, 2.05) is 0 Å². The van der Waals surface area contributed by atoms with Crippen molar-refractivity contribution in [3.8, 4) is 0 Å². The topological polar surface area (TPSA) is 41.6 Å². The summed E-state index contributed by atoms with van der Waals surface area (Å²) in [5.74, 6) is 0.683. The van der Waals surface area contributed by atoms with Crippen LogP contribution in [0.25, 0.3) is 0 Å². The molecule has 1 N–H and O–H groups in total. The summed E-state index contributed by atoms with van der Waals surface area (Å²) >= 11 is 0. The van der Waals surface area contributed by atoms with Gasteiger partial charge in [0.15, 0.2) is 0 Å². The molecule has 1 spiro atoms. The lowest BCUT2D eigenvalue weighted by Gasteiger charge is -2.39. The molecule has 0 aromatic carbocycles. The molecular weight excluding hydrogens is 228 g/mol. The van der Waals surface area contributed by atoms with Crippen molar-refractivity contribution in [3.63, 3.8) is 0 Å². The number of nitrogens with zero attached hydrogens (tertiary/aromatic N) is 1. The zero-order valence-corrected chi connectivity index (χ0v) is 11.4. The molecular formula is C14H24N2O2. The van der Waals surface area contributed by atoms with E-state index in [-0.39, 0.29) is 12.1 Å². The van der Waals surface area contributed by atoms with Crippen LogP contribution >= 0.6 is 0 Å². The number of amides is 1. The van der Waals surface area contributed by atoms with Gasteiger partial charge in [-0.05, 0) is 51.6 Å². The Hall–Kier alpha value is -0.610. The first kappa shape index (κ1) is 12.4. The second-order valence-electron chi connectivity index (χ2n) is 6.35. The van der Waals surface area contributed by atoms with Crippen molar-refractivity contribution in [2.45, 2.75) is 45.2 Å². The molecule has 3 atom stereocenters. The van der Waals surface area contributed by atoms with Gasteiger partial charge in [-0.25, -0.2) is 0 Å². The Morgan fingerprint density at radius 1 is 1.22 bits per heavy atom. The molecule has 4 nitrogen and oxygen atoms in total. The van der Waals surface area contributed by atoms with E-state index in [0.717, 1.165) is 19.5 Å². The average molecular weight is 252 g/mol. The van der Waals surface area contributed by atoms with Gasteiger partial charge < -0.3 is 15.0 Å². The minimum atomic E-state index is 0.237. The van der Waals surface area contributed by atoms with E-state index in [2.05, 4.69) is 24.1 Å². The van der Waals surface area contributed by atoms with Gasteiger partial charge in [-0.1, -0.05) is 0 Å². The van der Waals surface area contributed by atoms with Crippen molar-refractivity contribution < 1.29 is 9.53 Å². The molecule has 3 fully saturated rings. The highest BCUT2D eigenvalue weighted by atomic mass is 16.5. The van der Waals surface area contributed by atoms with Gasteiger partial charge in [0, 0.05) is 5.92 Å². The standard InChI is InChI=1S/C14H24N2O2/c1-10-8-18-9-11(2)16(10)13(17)12-7-14(12)3-5-15-6-4-14/h10-12,15H,3-9H2,1-2H3/t10-,11+,12-/m0/s1. The van der Waals surface area contributed by atoms with Crippen LogP contribution in [0.4, 0.5) is 0 Å². The quantitative estimate of drug-likeness (QED) is 0.757. The fourth-order valence-electron chi connectivity index (χ4n) is 3.79. The molecule has 3 aliphatic rings. The molecule has 0 unspecified atom stereocenters. The molecule has 0 radical (unpaired) electrons. The fraction of sp³-hybridized carbons (Fsp3) is 0.929. The van der Waals surface area contributed by atoms with E-state index in [4.69, 9.17) is 4.74 Å². The van der Waals surface area contributed by atoms with Crippen LogP contribution in [0.1, 0.15) is 33.1 Å². The smallest absolute Gasteiger partial charge is 0.226 e. The lowest BCUT2D eigenvalue weighted by molar-refractivity contribution is -0.146. The van der Waals surface area contributed by atoms with Crippen LogP contribution in [0.3, 0.4) is 0 Å². The van der Waals surface area contributed by atoms with Crippen molar-refractivity contribution >= 4 is 5.91 Å². The van der Waals surface area contributed by atoms with Crippen molar-refractivity contribution in [1.82, 2.24) is 10.2 Å². The minimum absolute atomic E-state index is 0.237. The van der Waals surface area contributed by atoms with E-state index < -0.39 is 0 Å². The van der Waals surface area contributed by atoms with Crippen molar-refractivity contribution in [3.05, 3.63) is 0 Å². The number of carbonyl (C=O) groups excluding carboxylic acids is 1. The number of ether oxygens (including phenoxy) is 1. The lowest BCUT2D eigenvalue weighted by Crippen LogP contribution is -2.53. The van der Waals surface area contributed by atoms with E-state index in [9.17, 15) is 4.79 Å². The van der Waals surface area contributed by atoms with E-state index >= 15 is 0 Å². The highest BCUT2D eigenvalue weighted by Crippen LogP contribution is 2.59. The van der Waals surface area contributed by atoms with Crippen LogP contribution in [0.15, 0.2) is 0 Å². The van der Waals surface area contributed by atoms with Gasteiger partial charge in [0.1, 0.15) is 0 Å². The highest BCUT2D eigenvalue weighted by molar-refractivity contribution is 5.83. The third kappa shape index (κ3) is 1.95. The predicted octanol–water partition coefficient (Wildman–Crippen LogP) is 1.01. The number of carbonyl (C=O) groups is 1.